The Bertz CT molecular complexity index is 555. The van der Waals surface area contributed by atoms with Crippen LogP contribution in [-0.4, -0.2) is 23.6 Å². The molecule has 2 rings (SSSR count). The smallest absolute Gasteiger partial charge is 0.133 e. The van der Waals surface area contributed by atoms with Crippen molar-refractivity contribution in [2.24, 2.45) is 5.73 Å². The topological polar surface area (TPSA) is 61.0 Å². The van der Waals surface area contributed by atoms with E-state index >= 15 is 0 Å². The van der Waals surface area contributed by atoms with E-state index in [0.29, 0.717) is 13.0 Å². The highest BCUT2D eigenvalue weighted by atomic mass is 16.5. The molecular weight excluding hydrogens is 238 g/mol. The number of hydrogen-bond donors (Lipinski definition) is 1. The second-order valence-corrected chi connectivity index (χ2v) is 4.44. The quantitative estimate of drug-likeness (QED) is 0.888. The Morgan fingerprint density at radius 3 is 2.74 bits per heavy atom. The minimum Gasteiger partial charge on any atom is -0.496 e. The van der Waals surface area contributed by atoms with Gasteiger partial charge in [-0.05, 0) is 25.6 Å². The summed E-state index contributed by atoms with van der Waals surface area (Å²) in [7, 11) is 1.68. The van der Waals surface area contributed by atoms with Crippen molar-refractivity contribution in [2.45, 2.75) is 19.8 Å². The molecule has 0 aliphatic carbocycles. The van der Waals surface area contributed by atoms with Crippen LogP contribution in [0.1, 0.15) is 22.8 Å². The first kappa shape index (κ1) is 13.5. The summed E-state index contributed by atoms with van der Waals surface area (Å²) < 4.78 is 5.35. The van der Waals surface area contributed by atoms with E-state index in [0.717, 1.165) is 34.9 Å². The van der Waals surface area contributed by atoms with Gasteiger partial charge in [-0.1, -0.05) is 18.2 Å². The van der Waals surface area contributed by atoms with E-state index in [1.54, 1.807) is 7.11 Å². The highest BCUT2D eigenvalue weighted by molar-refractivity contribution is 5.35. The normalized spacial score (nSPS) is 10.5. The van der Waals surface area contributed by atoms with E-state index in [-0.39, 0.29) is 0 Å². The lowest BCUT2D eigenvalue weighted by atomic mass is 10.1. The fourth-order valence-corrected chi connectivity index (χ4v) is 2.07. The molecule has 1 aromatic heterocycles. The molecule has 0 bridgehead atoms. The highest BCUT2D eigenvalue weighted by Crippen LogP contribution is 2.19. The molecule has 0 atom stereocenters. The standard InChI is InChI=1S/C15H19N3O/c1-11-9-13(7-8-16)18-15(17-11)10-12-5-3-4-6-14(12)19-2/h3-6,9H,7-8,10,16H2,1-2H3. The summed E-state index contributed by atoms with van der Waals surface area (Å²) in [6.45, 7) is 2.58. The van der Waals surface area contributed by atoms with E-state index in [1.807, 2.05) is 37.3 Å². The van der Waals surface area contributed by atoms with Gasteiger partial charge >= 0.3 is 0 Å². The summed E-state index contributed by atoms with van der Waals surface area (Å²) in [6.07, 6.45) is 1.45. The molecule has 0 amide bonds. The number of para-hydroxylation sites is 1. The van der Waals surface area contributed by atoms with Gasteiger partial charge in [0.05, 0.1) is 7.11 Å². The molecule has 4 nitrogen and oxygen atoms in total. The second kappa shape index (κ2) is 6.29. The third kappa shape index (κ3) is 3.51. The molecule has 0 aliphatic heterocycles. The number of hydrogen-bond acceptors (Lipinski definition) is 4. The van der Waals surface area contributed by atoms with Crippen molar-refractivity contribution in [3.05, 3.63) is 53.1 Å². The van der Waals surface area contributed by atoms with Gasteiger partial charge in [0.2, 0.25) is 0 Å². The van der Waals surface area contributed by atoms with Crippen molar-refractivity contribution >= 4 is 0 Å². The van der Waals surface area contributed by atoms with Gasteiger partial charge in [-0.2, -0.15) is 0 Å². The maximum absolute atomic E-state index is 5.58. The molecular formula is C15H19N3O. The monoisotopic (exact) mass is 257 g/mol. The molecule has 100 valence electrons. The molecule has 4 heteroatoms. The Morgan fingerprint density at radius 2 is 2.00 bits per heavy atom. The van der Waals surface area contributed by atoms with Crippen molar-refractivity contribution < 1.29 is 4.74 Å². The van der Waals surface area contributed by atoms with Gasteiger partial charge in [-0.25, -0.2) is 9.97 Å². The number of aryl methyl sites for hydroxylation is 1. The Balaban J connectivity index is 2.27. The minimum atomic E-state index is 0.602. The van der Waals surface area contributed by atoms with Gasteiger partial charge in [0.15, 0.2) is 0 Å². The Hall–Kier alpha value is -1.94. The lowest BCUT2D eigenvalue weighted by molar-refractivity contribution is 0.410. The van der Waals surface area contributed by atoms with Gasteiger partial charge in [0.1, 0.15) is 11.6 Å². The van der Waals surface area contributed by atoms with Crippen LogP contribution in [0.4, 0.5) is 0 Å². The number of benzene rings is 1. The van der Waals surface area contributed by atoms with Crippen molar-refractivity contribution in [3.63, 3.8) is 0 Å². The van der Waals surface area contributed by atoms with Crippen LogP contribution >= 0.6 is 0 Å². The molecule has 0 saturated heterocycles. The first-order valence-corrected chi connectivity index (χ1v) is 6.38. The number of ether oxygens (including phenoxy) is 1. The van der Waals surface area contributed by atoms with E-state index < -0.39 is 0 Å². The lowest BCUT2D eigenvalue weighted by Gasteiger charge is -2.09. The van der Waals surface area contributed by atoms with Crippen molar-refractivity contribution in [1.82, 2.24) is 9.97 Å². The molecule has 1 heterocycles. The predicted molar refractivity (Wildman–Crippen MR) is 75.3 cm³/mol. The largest absolute Gasteiger partial charge is 0.496 e. The zero-order valence-corrected chi connectivity index (χ0v) is 11.4. The number of methoxy groups -OCH3 is 1. The fourth-order valence-electron chi connectivity index (χ4n) is 2.07. The zero-order chi connectivity index (χ0) is 13.7. The van der Waals surface area contributed by atoms with E-state index in [9.17, 15) is 0 Å². The highest BCUT2D eigenvalue weighted by Gasteiger charge is 2.07. The third-order valence-corrected chi connectivity index (χ3v) is 2.90. The Morgan fingerprint density at radius 1 is 1.21 bits per heavy atom. The van der Waals surface area contributed by atoms with Crippen LogP contribution in [0.2, 0.25) is 0 Å². The number of nitrogens with zero attached hydrogens (tertiary/aromatic N) is 2. The third-order valence-electron chi connectivity index (χ3n) is 2.90. The number of aromatic nitrogens is 2. The fraction of sp³-hybridized carbons (Fsp3) is 0.333. The Kier molecular flexibility index (Phi) is 4.47. The molecule has 0 unspecified atom stereocenters. The van der Waals surface area contributed by atoms with Gasteiger partial charge in [0, 0.05) is 29.8 Å². The number of rotatable bonds is 5. The molecule has 2 N–H and O–H groups in total. The van der Waals surface area contributed by atoms with Crippen LogP contribution in [-0.2, 0) is 12.8 Å². The first-order valence-electron chi connectivity index (χ1n) is 6.38. The van der Waals surface area contributed by atoms with Gasteiger partial charge in [-0.3, -0.25) is 0 Å². The molecule has 1 aromatic carbocycles. The van der Waals surface area contributed by atoms with Crippen molar-refractivity contribution in [2.75, 3.05) is 13.7 Å². The summed E-state index contributed by atoms with van der Waals surface area (Å²) in [5.41, 5.74) is 8.65. The lowest BCUT2D eigenvalue weighted by Crippen LogP contribution is -2.08. The van der Waals surface area contributed by atoms with Crippen LogP contribution in [0, 0.1) is 6.92 Å². The summed E-state index contributed by atoms with van der Waals surface area (Å²) in [4.78, 5) is 9.03. The van der Waals surface area contributed by atoms with E-state index in [2.05, 4.69) is 9.97 Å². The SMILES string of the molecule is COc1ccccc1Cc1nc(C)cc(CCN)n1. The van der Waals surface area contributed by atoms with Gasteiger partial charge in [0.25, 0.3) is 0 Å². The van der Waals surface area contributed by atoms with Crippen LogP contribution in [0.25, 0.3) is 0 Å². The summed E-state index contributed by atoms with van der Waals surface area (Å²) in [6, 6.07) is 9.92. The molecule has 19 heavy (non-hydrogen) atoms. The van der Waals surface area contributed by atoms with Gasteiger partial charge in [-0.15, -0.1) is 0 Å². The second-order valence-electron chi connectivity index (χ2n) is 4.44. The summed E-state index contributed by atoms with van der Waals surface area (Å²) in [5.74, 6) is 1.68. The first-order chi connectivity index (χ1) is 9.22. The molecule has 0 saturated carbocycles. The van der Waals surface area contributed by atoms with E-state index in [4.69, 9.17) is 10.5 Å². The predicted octanol–water partition coefficient (Wildman–Crippen LogP) is 1.89. The molecule has 0 aliphatic rings. The summed E-state index contributed by atoms with van der Waals surface area (Å²) >= 11 is 0. The number of nitrogens with two attached hydrogens (primary N) is 1. The molecule has 0 fully saturated rings. The van der Waals surface area contributed by atoms with Crippen LogP contribution < -0.4 is 10.5 Å². The van der Waals surface area contributed by atoms with Crippen molar-refractivity contribution in [3.8, 4) is 5.75 Å². The Labute approximate surface area is 113 Å². The van der Waals surface area contributed by atoms with E-state index in [1.165, 1.54) is 0 Å². The minimum absolute atomic E-state index is 0.602. The van der Waals surface area contributed by atoms with Crippen LogP contribution in [0.3, 0.4) is 0 Å². The molecule has 2 aromatic rings. The molecule has 0 radical (unpaired) electrons. The van der Waals surface area contributed by atoms with Crippen LogP contribution in [0.5, 0.6) is 5.75 Å². The van der Waals surface area contributed by atoms with Crippen LogP contribution in [0.15, 0.2) is 30.3 Å². The maximum atomic E-state index is 5.58. The molecule has 0 spiro atoms. The summed E-state index contributed by atoms with van der Waals surface area (Å²) in [5, 5.41) is 0. The zero-order valence-electron chi connectivity index (χ0n) is 11.4. The average molecular weight is 257 g/mol. The maximum Gasteiger partial charge on any atom is 0.133 e. The van der Waals surface area contributed by atoms with Gasteiger partial charge < -0.3 is 10.5 Å². The van der Waals surface area contributed by atoms with Crippen molar-refractivity contribution in [1.29, 1.82) is 0 Å². The average Bonchev–Trinajstić information content (AvgIpc) is 2.39.